The Balaban J connectivity index is 1.48. The average molecular weight is 495 g/mol. The summed E-state index contributed by atoms with van der Waals surface area (Å²) >= 11 is 0. The van der Waals surface area contributed by atoms with Crippen LogP contribution >= 0.6 is 0 Å². The quantitative estimate of drug-likeness (QED) is 0.467. The molecule has 182 valence electrons. The summed E-state index contributed by atoms with van der Waals surface area (Å²) in [6.45, 7) is 6.88. The molecule has 0 unspecified atom stereocenters. The lowest BCUT2D eigenvalue weighted by atomic mass is 9.88. The van der Waals surface area contributed by atoms with Gasteiger partial charge in [-0.05, 0) is 56.0 Å². The van der Waals surface area contributed by atoms with Crippen molar-refractivity contribution >= 4 is 33.3 Å². The van der Waals surface area contributed by atoms with Gasteiger partial charge >= 0.3 is 0 Å². The van der Waals surface area contributed by atoms with Gasteiger partial charge in [0, 0.05) is 17.7 Å². The molecule has 2 aromatic carbocycles. The van der Waals surface area contributed by atoms with Gasteiger partial charge in [0.15, 0.2) is 15.6 Å². The minimum Gasteiger partial charge on any atom is -0.328 e. The summed E-state index contributed by atoms with van der Waals surface area (Å²) in [7, 11) is -3.34. The Kier molecular flexibility index (Phi) is 6.23. The highest BCUT2D eigenvalue weighted by molar-refractivity contribution is 7.91. The maximum Gasteiger partial charge on any atom is 0.262 e. The molecule has 1 atom stereocenters. The molecule has 9 heteroatoms. The van der Waals surface area contributed by atoms with Crippen LogP contribution in [-0.4, -0.2) is 48.1 Å². The smallest absolute Gasteiger partial charge is 0.262 e. The van der Waals surface area contributed by atoms with Gasteiger partial charge in [0.2, 0.25) is 5.91 Å². The highest BCUT2D eigenvalue weighted by Gasteiger charge is 2.51. The normalized spacial score (nSPS) is 20.1. The molecular weight excluding hydrogens is 468 g/mol. The second-order valence-electron chi connectivity index (χ2n) is 9.01. The van der Waals surface area contributed by atoms with Gasteiger partial charge in [-0.15, -0.1) is 0 Å². The number of nitrogens with one attached hydrogen (secondary N) is 1. The molecule has 2 aromatic rings. The third-order valence-corrected chi connectivity index (χ3v) is 8.44. The summed E-state index contributed by atoms with van der Waals surface area (Å²) in [6, 6.07) is 10.7. The molecule has 35 heavy (non-hydrogen) atoms. The number of aryl methyl sites for hydroxylation is 1. The van der Waals surface area contributed by atoms with E-state index in [2.05, 4.69) is 11.9 Å². The standard InChI is InChI=1S/C26H26N2O6S/c1-4-35(33,34)19-9-7-18(8-10-19)22(29)12-6-17-5-11-20-21(15-17)24(31)28(23(20)30)26(3)14-13-16(2)27-25(26)32/h5,7-11,15H,2,4,6,12-14H2,1,3H3,(H,27,32)/t26-/m0/s1. The highest BCUT2D eigenvalue weighted by Crippen LogP contribution is 2.35. The molecule has 0 aromatic heterocycles. The van der Waals surface area contributed by atoms with E-state index in [-0.39, 0.29) is 34.0 Å². The summed E-state index contributed by atoms with van der Waals surface area (Å²) in [5.41, 5.74) is 0.803. The maximum atomic E-state index is 13.2. The molecular formula is C26H26N2O6S. The number of rotatable bonds is 7. The fourth-order valence-electron chi connectivity index (χ4n) is 4.39. The molecule has 0 radical (unpaired) electrons. The molecule has 4 rings (SSSR count). The van der Waals surface area contributed by atoms with Gasteiger partial charge in [0.25, 0.3) is 11.8 Å². The summed E-state index contributed by atoms with van der Waals surface area (Å²) in [6.07, 6.45) is 1.24. The van der Waals surface area contributed by atoms with Gasteiger partial charge in [-0.25, -0.2) is 8.42 Å². The molecule has 2 aliphatic rings. The second kappa shape index (κ2) is 8.88. The summed E-state index contributed by atoms with van der Waals surface area (Å²) in [5, 5.41) is 2.64. The van der Waals surface area contributed by atoms with E-state index < -0.39 is 33.1 Å². The van der Waals surface area contributed by atoms with Crippen LogP contribution in [0.15, 0.2) is 59.6 Å². The first-order chi connectivity index (χ1) is 16.5. The van der Waals surface area contributed by atoms with Gasteiger partial charge < -0.3 is 5.32 Å². The number of hydrogen-bond acceptors (Lipinski definition) is 6. The van der Waals surface area contributed by atoms with Gasteiger partial charge in [-0.3, -0.25) is 24.1 Å². The predicted molar refractivity (Wildman–Crippen MR) is 129 cm³/mol. The number of piperidine rings is 1. The topological polar surface area (TPSA) is 118 Å². The van der Waals surface area contributed by atoms with Crippen molar-refractivity contribution in [1.29, 1.82) is 0 Å². The third-order valence-electron chi connectivity index (χ3n) is 6.69. The number of fused-ring (bicyclic) bond motifs is 1. The molecule has 1 fully saturated rings. The number of ketones is 1. The number of benzene rings is 2. The molecule has 0 aliphatic carbocycles. The van der Waals surface area contributed by atoms with Crippen LogP contribution in [-0.2, 0) is 21.1 Å². The lowest BCUT2D eigenvalue weighted by Gasteiger charge is -2.39. The van der Waals surface area contributed by atoms with Crippen molar-refractivity contribution in [2.45, 2.75) is 50.0 Å². The summed E-state index contributed by atoms with van der Waals surface area (Å²) in [4.78, 5) is 52.7. The highest BCUT2D eigenvalue weighted by atomic mass is 32.2. The van der Waals surface area contributed by atoms with Crippen LogP contribution in [0.3, 0.4) is 0 Å². The van der Waals surface area contributed by atoms with Crippen LogP contribution in [0, 0.1) is 0 Å². The molecule has 0 spiro atoms. The number of carbonyl (C=O) groups is 4. The van der Waals surface area contributed by atoms with Crippen LogP contribution in [0.4, 0.5) is 0 Å². The van der Waals surface area contributed by atoms with E-state index >= 15 is 0 Å². The van der Waals surface area contributed by atoms with E-state index in [0.29, 0.717) is 36.1 Å². The lowest BCUT2D eigenvalue weighted by molar-refractivity contribution is -0.131. The minimum absolute atomic E-state index is 0.0175. The van der Waals surface area contributed by atoms with Crippen molar-refractivity contribution in [2.24, 2.45) is 0 Å². The molecule has 3 amide bonds. The van der Waals surface area contributed by atoms with Crippen molar-refractivity contribution in [1.82, 2.24) is 10.2 Å². The Labute approximate surface area is 203 Å². The lowest BCUT2D eigenvalue weighted by Crippen LogP contribution is -2.60. The zero-order valence-electron chi connectivity index (χ0n) is 19.6. The Morgan fingerprint density at radius 3 is 2.34 bits per heavy atom. The van der Waals surface area contributed by atoms with E-state index in [0.717, 1.165) is 4.90 Å². The number of carbonyl (C=O) groups excluding carboxylic acids is 4. The monoisotopic (exact) mass is 494 g/mol. The van der Waals surface area contributed by atoms with Crippen LogP contribution in [0.5, 0.6) is 0 Å². The number of hydrogen-bond donors (Lipinski definition) is 1. The minimum atomic E-state index is -3.34. The first kappa shape index (κ1) is 24.5. The van der Waals surface area contributed by atoms with Crippen LogP contribution < -0.4 is 5.32 Å². The van der Waals surface area contributed by atoms with Crippen molar-refractivity contribution in [2.75, 3.05) is 5.75 Å². The molecule has 2 heterocycles. The van der Waals surface area contributed by atoms with E-state index in [1.807, 2.05) is 0 Å². The number of sulfone groups is 1. The Morgan fingerprint density at radius 2 is 1.71 bits per heavy atom. The average Bonchev–Trinajstić information content (AvgIpc) is 3.10. The van der Waals surface area contributed by atoms with Crippen LogP contribution in [0.1, 0.15) is 69.7 Å². The van der Waals surface area contributed by atoms with Crippen LogP contribution in [0.2, 0.25) is 0 Å². The molecule has 1 saturated heterocycles. The SMILES string of the molecule is C=C1CC[C@](C)(N2C(=O)c3ccc(CCC(=O)c4ccc(S(=O)(=O)CC)cc4)cc3C2=O)C(=O)N1. The van der Waals surface area contributed by atoms with Crippen molar-refractivity contribution in [3.8, 4) is 0 Å². The molecule has 0 bridgehead atoms. The summed E-state index contributed by atoms with van der Waals surface area (Å²) < 4.78 is 23.9. The van der Waals surface area contributed by atoms with E-state index in [1.165, 1.54) is 24.3 Å². The first-order valence-electron chi connectivity index (χ1n) is 11.3. The van der Waals surface area contributed by atoms with Gasteiger partial charge in [0.1, 0.15) is 5.54 Å². The fourth-order valence-corrected chi connectivity index (χ4v) is 5.27. The largest absolute Gasteiger partial charge is 0.328 e. The first-order valence-corrected chi connectivity index (χ1v) is 13.0. The number of nitrogens with zero attached hydrogens (tertiary/aromatic N) is 1. The van der Waals surface area contributed by atoms with Crippen LogP contribution in [0.25, 0.3) is 0 Å². The van der Waals surface area contributed by atoms with E-state index in [1.54, 1.807) is 32.0 Å². The van der Waals surface area contributed by atoms with Crippen molar-refractivity contribution in [3.63, 3.8) is 0 Å². The fraction of sp³-hybridized carbons (Fsp3) is 0.308. The molecule has 0 saturated carbocycles. The van der Waals surface area contributed by atoms with Gasteiger partial charge in [-0.2, -0.15) is 0 Å². The van der Waals surface area contributed by atoms with E-state index in [9.17, 15) is 27.6 Å². The third kappa shape index (κ3) is 4.32. The zero-order valence-corrected chi connectivity index (χ0v) is 20.4. The molecule has 1 N–H and O–H groups in total. The van der Waals surface area contributed by atoms with Gasteiger partial charge in [-0.1, -0.05) is 31.7 Å². The van der Waals surface area contributed by atoms with Crippen molar-refractivity contribution in [3.05, 3.63) is 77.0 Å². The zero-order chi connectivity index (χ0) is 25.5. The van der Waals surface area contributed by atoms with Gasteiger partial charge in [0.05, 0.1) is 21.8 Å². The number of Topliss-reactive ketones (excluding diaryl/α,β-unsaturated/α-hetero) is 1. The molecule has 8 nitrogen and oxygen atoms in total. The Morgan fingerprint density at radius 1 is 1.06 bits per heavy atom. The number of imide groups is 1. The Bertz CT molecular complexity index is 1380. The Hall–Kier alpha value is -3.59. The van der Waals surface area contributed by atoms with E-state index in [4.69, 9.17) is 0 Å². The second-order valence-corrected chi connectivity index (χ2v) is 11.3. The van der Waals surface area contributed by atoms with Crippen molar-refractivity contribution < 1.29 is 27.6 Å². The predicted octanol–water partition coefficient (Wildman–Crippen LogP) is 3.07. The maximum absolute atomic E-state index is 13.2. The molecule has 2 aliphatic heterocycles. The summed E-state index contributed by atoms with van der Waals surface area (Å²) in [5.74, 6) is -1.67. The number of amides is 3. The number of allylic oxidation sites excluding steroid dienone is 1.